The largest absolute Gasteiger partial charge is 0.507 e. The Bertz CT molecular complexity index is 986. The van der Waals surface area contributed by atoms with Gasteiger partial charge in [-0.25, -0.2) is 18.6 Å². The van der Waals surface area contributed by atoms with Gasteiger partial charge in [-0.2, -0.15) is 5.10 Å². The average molecular weight is 387 g/mol. The number of rotatable bonds is 5. The highest BCUT2D eigenvalue weighted by molar-refractivity contribution is 7.89. The lowest BCUT2D eigenvalue weighted by Gasteiger charge is -2.21. The Kier molecular flexibility index (Phi) is 5.57. The van der Waals surface area contributed by atoms with Crippen molar-refractivity contribution in [1.29, 1.82) is 0 Å². The number of aryl methyl sites for hydroxylation is 1. The highest BCUT2D eigenvalue weighted by Gasteiger charge is 2.21. The van der Waals surface area contributed by atoms with E-state index in [0.29, 0.717) is 17.7 Å². The van der Waals surface area contributed by atoms with Crippen molar-refractivity contribution in [1.82, 2.24) is 10.1 Å². The highest BCUT2D eigenvalue weighted by atomic mass is 32.2. The average Bonchev–Trinajstić information content (AvgIpc) is 2.68. The van der Waals surface area contributed by atoms with Crippen molar-refractivity contribution in [2.45, 2.75) is 31.1 Å². The van der Waals surface area contributed by atoms with Crippen molar-refractivity contribution in [2.75, 3.05) is 6.54 Å². The summed E-state index contributed by atoms with van der Waals surface area (Å²) in [4.78, 5) is 12.1. The molecule has 0 saturated carbocycles. The Hall–Kier alpha value is -2.71. The molecule has 0 bridgehead atoms. The standard InChI is InChI=1S/C19H21N3O4S/c1-13-10-11-17(23)19-15(13)8-5-9-16(19)21-22-18(24)12-20-27(25,26)14-6-3-2-4-7-14/h2-4,6-7,10-11,20,23H,5,8-9,12H2,1H3,(H,22,24)/b21-16+. The molecule has 3 rings (SSSR count). The molecule has 1 amide bonds. The Labute approximate surface area is 158 Å². The molecule has 1 aliphatic rings. The van der Waals surface area contributed by atoms with Crippen LogP contribution >= 0.6 is 0 Å². The van der Waals surface area contributed by atoms with E-state index in [1.807, 2.05) is 13.0 Å². The maximum absolute atomic E-state index is 12.1. The Morgan fingerprint density at radius 3 is 2.63 bits per heavy atom. The summed E-state index contributed by atoms with van der Waals surface area (Å²) in [6.45, 7) is 1.54. The lowest BCUT2D eigenvalue weighted by molar-refractivity contribution is -0.119. The van der Waals surface area contributed by atoms with Gasteiger partial charge in [0.1, 0.15) is 5.75 Å². The third-order valence-corrected chi connectivity index (χ3v) is 5.86. The topological polar surface area (TPSA) is 108 Å². The predicted molar refractivity (Wildman–Crippen MR) is 102 cm³/mol. The molecule has 0 fully saturated rings. The van der Waals surface area contributed by atoms with Gasteiger partial charge in [-0.15, -0.1) is 0 Å². The van der Waals surface area contributed by atoms with Gasteiger partial charge in [-0.05, 0) is 55.5 Å². The van der Waals surface area contributed by atoms with Gasteiger partial charge in [-0.1, -0.05) is 24.3 Å². The van der Waals surface area contributed by atoms with E-state index in [9.17, 15) is 18.3 Å². The molecular weight excluding hydrogens is 366 g/mol. The third kappa shape index (κ3) is 4.35. The number of amides is 1. The summed E-state index contributed by atoms with van der Waals surface area (Å²) in [6, 6.07) is 11.3. The molecule has 0 aliphatic heterocycles. The van der Waals surface area contributed by atoms with Crippen molar-refractivity contribution in [2.24, 2.45) is 5.10 Å². The Balaban J connectivity index is 1.68. The Morgan fingerprint density at radius 2 is 1.89 bits per heavy atom. The van der Waals surface area contributed by atoms with Gasteiger partial charge in [-0.3, -0.25) is 4.79 Å². The molecule has 8 heteroatoms. The van der Waals surface area contributed by atoms with Crippen LogP contribution in [0, 0.1) is 6.92 Å². The maximum Gasteiger partial charge on any atom is 0.255 e. The number of sulfonamides is 1. The number of carbonyl (C=O) groups is 1. The number of aromatic hydroxyl groups is 1. The number of carbonyl (C=O) groups excluding carboxylic acids is 1. The van der Waals surface area contributed by atoms with E-state index >= 15 is 0 Å². The molecule has 0 radical (unpaired) electrons. The van der Waals surface area contributed by atoms with Crippen molar-refractivity contribution >= 4 is 21.6 Å². The number of nitrogens with zero attached hydrogens (tertiary/aromatic N) is 1. The zero-order valence-corrected chi connectivity index (χ0v) is 15.7. The van der Waals surface area contributed by atoms with Gasteiger partial charge in [0.25, 0.3) is 5.91 Å². The number of nitrogens with one attached hydrogen (secondary N) is 2. The van der Waals surface area contributed by atoms with Crippen LogP contribution in [0.25, 0.3) is 0 Å². The normalized spacial score (nSPS) is 15.4. The van der Waals surface area contributed by atoms with E-state index in [1.54, 1.807) is 24.3 Å². The predicted octanol–water partition coefficient (Wildman–Crippen LogP) is 1.84. The highest BCUT2D eigenvalue weighted by Crippen LogP contribution is 2.31. The first-order valence-corrected chi connectivity index (χ1v) is 10.1. The second kappa shape index (κ2) is 7.89. The molecule has 0 saturated heterocycles. The van der Waals surface area contributed by atoms with Gasteiger partial charge >= 0.3 is 0 Å². The lowest BCUT2D eigenvalue weighted by Crippen LogP contribution is -2.35. The van der Waals surface area contributed by atoms with Crippen LogP contribution in [0.5, 0.6) is 5.75 Å². The molecule has 2 aromatic rings. The van der Waals surface area contributed by atoms with Gasteiger partial charge in [0.2, 0.25) is 10.0 Å². The first-order chi connectivity index (χ1) is 12.9. The van der Waals surface area contributed by atoms with E-state index in [0.717, 1.165) is 24.0 Å². The summed E-state index contributed by atoms with van der Waals surface area (Å²) >= 11 is 0. The second-order valence-electron chi connectivity index (χ2n) is 6.34. The summed E-state index contributed by atoms with van der Waals surface area (Å²) in [5, 5.41) is 14.3. The van der Waals surface area contributed by atoms with Gasteiger partial charge in [0.05, 0.1) is 17.2 Å². The maximum atomic E-state index is 12.1. The van der Waals surface area contributed by atoms with E-state index in [4.69, 9.17) is 0 Å². The van der Waals surface area contributed by atoms with Crippen LogP contribution in [-0.2, 0) is 21.2 Å². The van der Waals surface area contributed by atoms with Gasteiger partial charge < -0.3 is 5.11 Å². The quantitative estimate of drug-likeness (QED) is 0.680. The minimum atomic E-state index is -3.76. The molecule has 0 aromatic heterocycles. The molecule has 3 N–H and O–H groups in total. The third-order valence-electron chi connectivity index (χ3n) is 4.45. The van der Waals surface area contributed by atoms with Crippen molar-refractivity contribution in [3.05, 3.63) is 59.2 Å². The molecule has 2 aromatic carbocycles. The van der Waals surface area contributed by atoms with Gasteiger partial charge in [0, 0.05) is 5.56 Å². The molecular formula is C19H21N3O4S. The smallest absolute Gasteiger partial charge is 0.255 e. The molecule has 0 heterocycles. The monoisotopic (exact) mass is 387 g/mol. The molecule has 27 heavy (non-hydrogen) atoms. The summed E-state index contributed by atoms with van der Waals surface area (Å²) in [7, 11) is -3.76. The molecule has 1 aliphatic carbocycles. The Morgan fingerprint density at radius 1 is 1.15 bits per heavy atom. The molecule has 142 valence electrons. The van der Waals surface area contributed by atoms with Crippen LogP contribution in [0.3, 0.4) is 0 Å². The first-order valence-electron chi connectivity index (χ1n) is 8.60. The number of fused-ring (bicyclic) bond motifs is 1. The summed E-state index contributed by atoms with van der Waals surface area (Å²) < 4.78 is 26.5. The van der Waals surface area contributed by atoms with Crippen LogP contribution in [-0.4, -0.2) is 31.7 Å². The fourth-order valence-corrected chi connectivity index (χ4v) is 4.07. The van der Waals surface area contributed by atoms with Crippen LogP contribution in [0.15, 0.2) is 52.5 Å². The summed E-state index contributed by atoms with van der Waals surface area (Å²) in [5.74, 6) is -0.450. The minimum Gasteiger partial charge on any atom is -0.507 e. The molecule has 0 spiro atoms. The number of phenolic OH excluding ortho intramolecular Hbond substituents is 1. The van der Waals surface area contributed by atoms with Gasteiger partial charge in [0.15, 0.2) is 0 Å². The SMILES string of the molecule is Cc1ccc(O)c2c1CCC/C2=N\NC(=O)CNS(=O)(=O)c1ccccc1. The van der Waals surface area contributed by atoms with Crippen molar-refractivity contribution in [3.8, 4) is 5.75 Å². The zero-order valence-electron chi connectivity index (χ0n) is 14.9. The molecule has 0 atom stereocenters. The van der Waals surface area contributed by atoms with Crippen LogP contribution in [0.4, 0.5) is 0 Å². The number of hydrazone groups is 1. The fourth-order valence-electron chi connectivity index (χ4n) is 3.07. The minimum absolute atomic E-state index is 0.0886. The lowest BCUT2D eigenvalue weighted by atomic mass is 9.86. The molecule has 0 unspecified atom stereocenters. The van der Waals surface area contributed by atoms with Crippen LogP contribution in [0.1, 0.15) is 29.5 Å². The number of benzene rings is 2. The fraction of sp³-hybridized carbons (Fsp3) is 0.263. The van der Waals surface area contributed by atoms with E-state index in [-0.39, 0.29) is 10.6 Å². The molecule has 7 nitrogen and oxygen atoms in total. The van der Waals surface area contributed by atoms with E-state index < -0.39 is 22.5 Å². The summed E-state index contributed by atoms with van der Waals surface area (Å²) in [5.41, 5.74) is 5.72. The number of hydrogen-bond acceptors (Lipinski definition) is 5. The summed E-state index contributed by atoms with van der Waals surface area (Å²) in [6.07, 6.45) is 2.34. The van der Waals surface area contributed by atoms with Crippen molar-refractivity contribution < 1.29 is 18.3 Å². The number of phenols is 1. The zero-order chi connectivity index (χ0) is 19.4. The first kappa shape index (κ1) is 19.1. The number of hydrogen-bond donors (Lipinski definition) is 3. The van der Waals surface area contributed by atoms with Crippen LogP contribution in [0.2, 0.25) is 0 Å². The van der Waals surface area contributed by atoms with Crippen molar-refractivity contribution in [3.63, 3.8) is 0 Å². The van der Waals surface area contributed by atoms with E-state index in [2.05, 4.69) is 15.2 Å². The van der Waals surface area contributed by atoms with E-state index in [1.165, 1.54) is 12.1 Å². The second-order valence-corrected chi connectivity index (χ2v) is 8.11. The van der Waals surface area contributed by atoms with Crippen LogP contribution < -0.4 is 10.1 Å².